The van der Waals surface area contributed by atoms with Crippen LogP contribution in [0.4, 0.5) is 16.2 Å². The second-order valence-electron chi connectivity index (χ2n) is 10.1. The van der Waals surface area contributed by atoms with E-state index < -0.39 is 17.0 Å². The maximum Gasteiger partial charge on any atom is 0.514 e. The molecule has 1 aliphatic rings. The molecular formula is C35H28N2O8. The number of benzene rings is 4. The molecule has 0 N–H and O–H groups in total. The van der Waals surface area contributed by atoms with Gasteiger partial charge in [0.25, 0.3) is 5.69 Å². The van der Waals surface area contributed by atoms with Crippen molar-refractivity contribution in [1.29, 1.82) is 0 Å². The largest absolute Gasteiger partial charge is 0.514 e. The average molecular weight is 605 g/mol. The lowest BCUT2D eigenvalue weighted by Crippen LogP contribution is -2.31. The number of esters is 1. The van der Waals surface area contributed by atoms with Crippen molar-refractivity contribution < 1.29 is 33.5 Å². The van der Waals surface area contributed by atoms with Crippen molar-refractivity contribution in [3.63, 3.8) is 0 Å². The molecular weight excluding hydrogens is 576 g/mol. The number of hydrogen-bond donors (Lipinski definition) is 0. The lowest BCUT2D eigenvalue weighted by Gasteiger charge is -2.26. The highest BCUT2D eigenvalue weighted by atomic mass is 16.7. The first kappa shape index (κ1) is 30.5. The molecule has 0 aliphatic carbocycles. The number of unbranched alkanes of at least 4 members (excludes halogenated alkanes) is 1. The molecule has 0 saturated carbocycles. The van der Waals surface area contributed by atoms with Gasteiger partial charge in [-0.2, -0.15) is 0 Å². The Morgan fingerprint density at radius 1 is 0.756 bits per heavy atom. The summed E-state index contributed by atoms with van der Waals surface area (Å²) in [5.41, 5.74) is 3.96. The molecule has 10 nitrogen and oxygen atoms in total. The zero-order chi connectivity index (χ0) is 31.6. The van der Waals surface area contributed by atoms with E-state index in [1.807, 2.05) is 48.5 Å². The fourth-order valence-electron chi connectivity index (χ4n) is 4.63. The third kappa shape index (κ3) is 8.33. The van der Waals surface area contributed by atoms with Crippen molar-refractivity contribution in [3.05, 3.63) is 129 Å². The quantitative estimate of drug-likeness (QED) is 0.0371. The van der Waals surface area contributed by atoms with E-state index >= 15 is 0 Å². The Labute approximate surface area is 259 Å². The Morgan fingerprint density at radius 3 is 2.13 bits per heavy atom. The van der Waals surface area contributed by atoms with Crippen LogP contribution in [0.5, 0.6) is 11.5 Å². The van der Waals surface area contributed by atoms with Crippen molar-refractivity contribution in [2.75, 3.05) is 4.90 Å². The monoisotopic (exact) mass is 604 g/mol. The molecule has 45 heavy (non-hydrogen) atoms. The number of anilines is 1. The number of para-hydroxylation sites is 1. The fraction of sp³-hybridized carbons (Fsp3) is 0.171. The van der Waals surface area contributed by atoms with Gasteiger partial charge >= 0.3 is 12.1 Å². The molecule has 1 heterocycles. The Hall–Kier alpha value is -5.95. The van der Waals surface area contributed by atoms with Gasteiger partial charge in [0.1, 0.15) is 18.1 Å². The smallest absolute Gasteiger partial charge is 0.429 e. The molecule has 0 bridgehead atoms. The molecule has 0 aromatic heterocycles. The van der Waals surface area contributed by atoms with E-state index in [0.29, 0.717) is 30.7 Å². The molecule has 10 heteroatoms. The fourth-order valence-corrected chi connectivity index (χ4v) is 4.63. The minimum Gasteiger partial charge on any atom is -0.429 e. The first-order valence-electron chi connectivity index (χ1n) is 14.2. The van der Waals surface area contributed by atoms with Gasteiger partial charge in [-0.05, 0) is 66.4 Å². The summed E-state index contributed by atoms with van der Waals surface area (Å²) < 4.78 is 15.5. The van der Waals surface area contributed by atoms with Crippen molar-refractivity contribution in [3.8, 4) is 23.3 Å². The molecule has 4 aromatic carbocycles. The molecule has 0 spiro atoms. The lowest BCUT2D eigenvalue weighted by atomic mass is 10.0. The number of nitro groups is 1. The number of carbonyl (C=O) groups excluding carboxylic acids is 3. The summed E-state index contributed by atoms with van der Waals surface area (Å²) in [5, 5.41) is 10.7. The highest BCUT2D eigenvalue weighted by molar-refractivity contribution is 5.95. The van der Waals surface area contributed by atoms with Crippen LogP contribution in [0.25, 0.3) is 0 Å². The van der Waals surface area contributed by atoms with Gasteiger partial charge in [-0.1, -0.05) is 54.3 Å². The van der Waals surface area contributed by atoms with E-state index in [9.17, 15) is 24.5 Å². The highest BCUT2D eigenvalue weighted by Gasteiger charge is 2.21. The zero-order valence-corrected chi connectivity index (χ0v) is 24.1. The number of amides is 1. The average Bonchev–Trinajstić information content (AvgIpc) is 3.04. The number of fused-ring (bicyclic) bond motifs is 2. The number of rotatable bonds is 10. The standard InChI is InChI=1S/C35H28N2O8/c38-33(36-23-28-9-2-1-7-26(28)15-16-27-8-3-4-10-32(27)36)11-5-6-12-34(39)44-30-19-13-25(14-20-30)24-43-35(40)45-31-21-17-29(18-22-31)37(41)42/h1-4,7-10,13-14,17-22H,5-6,11-12,23-24H2. The van der Waals surface area contributed by atoms with Crippen molar-refractivity contribution in [2.45, 2.75) is 38.8 Å². The molecule has 0 radical (unpaired) electrons. The predicted octanol–water partition coefficient (Wildman–Crippen LogP) is 6.72. The van der Waals surface area contributed by atoms with Crippen molar-refractivity contribution in [1.82, 2.24) is 0 Å². The summed E-state index contributed by atoms with van der Waals surface area (Å²) in [7, 11) is 0. The first-order valence-corrected chi connectivity index (χ1v) is 14.2. The molecule has 1 aliphatic heterocycles. The Bertz CT molecular complexity index is 1770. The van der Waals surface area contributed by atoms with Gasteiger partial charge in [-0.25, -0.2) is 4.79 Å². The van der Waals surface area contributed by atoms with Crippen LogP contribution in [0.1, 0.15) is 47.9 Å². The first-order chi connectivity index (χ1) is 21.9. The SMILES string of the molecule is O=C(CCCCC(=O)N1Cc2ccccc2C#Cc2ccccc21)Oc1ccc(COC(=O)Oc2ccc([N+](=O)[O-])cc2)cc1. The van der Waals surface area contributed by atoms with Crippen LogP contribution in [-0.4, -0.2) is 23.0 Å². The summed E-state index contributed by atoms with van der Waals surface area (Å²) in [6.07, 6.45) is 0.466. The van der Waals surface area contributed by atoms with Crippen LogP contribution >= 0.6 is 0 Å². The second-order valence-corrected chi connectivity index (χ2v) is 10.1. The summed E-state index contributed by atoms with van der Waals surface area (Å²) in [4.78, 5) is 49.6. The maximum atomic E-state index is 13.3. The number of hydrogen-bond acceptors (Lipinski definition) is 8. The molecule has 226 valence electrons. The molecule has 4 aromatic rings. The normalized spacial score (nSPS) is 11.4. The minimum atomic E-state index is -0.966. The second kappa shape index (κ2) is 14.5. The molecule has 0 atom stereocenters. The van der Waals surface area contributed by atoms with E-state index in [1.165, 1.54) is 24.3 Å². The van der Waals surface area contributed by atoms with Gasteiger partial charge in [-0.3, -0.25) is 19.7 Å². The molecule has 1 amide bonds. The maximum absolute atomic E-state index is 13.3. The zero-order valence-electron chi connectivity index (χ0n) is 24.1. The van der Waals surface area contributed by atoms with E-state index in [1.54, 1.807) is 29.2 Å². The van der Waals surface area contributed by atoms with Crippen LogP contribution in [-0.2, 0) is 27.5 Å². The van der Waals surface area contributed by atoms with Crippen LogP contribution < -0.4 is 14.4 Å². The van der Waals surface area contributed by atoms with E-state index in [-0.39, 0.29) is 36.8 Å². The third-order valence-electron chi connectivity index (χ3n) is 6.96. The van der Waals surface area contributed by atoms with Gasteiger partial charge in [0.05, 0.1) is 17.2 Å². The minimum absolute atomic E-state index is 0.0382. The summed E-state index contributed by atoms with van der Waals surface area (Å²) in [6.45, 7) is 0.332. The number of nitro benzene ring substituents is 1. The van der Waals surface area contributed by atoms with Crippen LogP contribution in [0.2, 0.25) is 0 Å². The van der Waals surface area contributed by atoms with Crippen LogP contribution in [0, 0.1) is 22.0 Å². The highest BCUT2D eigenvalue weighted by Crippen LogP contribution is 2.26. The topological polar surface area (TPSA) is 125 Å². The van der Waals surface area contributed by atoms with Crippen molar-refractivity contribution >= 4 is 29.4 Å². The van der Waals surface area contributed by atoms with Gasteiger partial charge in [0.15, 0.2) is 0 Å². The summed E-state index contributed by atoms with van der Waals surface area (Å²) in [5.74, 6) is 6.40. The number of non-ortho nitro benzene ring substituents is 1. The van der Waals surface area contributed by atoms with Gasteiger partial charge in [-0.15, -0.1) is 0 Å². The van der Waals surface area contributed by atoms with Crippen molar-refractivity contribution in [2.24, 2.45) is 0 Å². The molecule has 0 unspecified atom stereocenters. The number of carbonyl (C=O) groups is 3. The lowest BCUT2D eigenvalue weighted by molar-refractivity contribution is -0.384. The Morgan fingerprint density at radius 2 is 1.38 bits per heavy atom. The van der Waals surface area contributed by atoms with Crippen LogP contribution in [0.15, 0.2) is 97.1 Å². The van der Waals surface area contributed by atoms with Crippen LogP contribution in [0.3, 0.4) is 0 Å². The van der Waals surface area contributed by atoms with Gasteiger partial charge < -0.3 is 19.1 Å². The van der Waals surface area contributed by atoms with Gasteiger partial charge in [0, 0.05) is 36.1 Å². The number of ether oxygens (including phenoxy) is 3. The molecule has 0 fully saturated rings. The Kier molecular flexibility index (Phi) is 9.82. The predicted molar refractivity (Wildman–Crippen MR) is 165 cm³/mol. The summed E-state index contributed by atoms with van der Waals surface area (Å²) in [6, 6.07) is 26.9. The third-order valence-corrected chi connectivity index (χ3v) is 6.96. The Balaban J connectivity index is 1.05. The summed E-state index contributed by atoms with van der Waals surface area (Å²) >= 11 is 0. The number of nitrogens with zero attached hydrogens (tertiary/aromatic N) is 2. The van der Waals surface area contributed by atoms with Gasteiger partial charge in [0.2, 0.25) is 5.91 Å². The van der Waals surface area contributed by atoms with E-state index in [4.69, 9.17) is 14.2 Å². The van der Waals surface area contributed by atoms with E-state index in [0.717, 1.165) is 22.4 Å². The molecule has 0 saturated heterocycles. The van der Waals surface area contributed by atoms with E-state index in [2.05, 4.69) is 11.8 Å². The molecule has 5 rings (SSSR count).